The van der Waals surface area contributed by atoms with Gasteiger partial charge >= 0.3 is 0 Å². The predicted molar refractivity (Wildman–Crippen MR) is 86.3 cm³/mol. The van der Waals surface area contributed by atoms with Gasteiger partial charge in [-0.1, -0.05) is 26.7 Å². The molecule has 1 aromatic rings. The van der Waals surface area contributed by atoms with Crippen molar-refractivity contribution in [1.82, 2.24) is 9.97 Å². The second-order valence-corrected chi connectivity index (χ2v) is 6.71. The maximum Gasteiger partial charge on any atom is 0.148 e. The number of anilines is 2. The fourth-order valence-electron chi connectivity index (χ4n) is 4.15. The first kappa shape index (κ1) is 14.6. The van der Waals surface area contributed by atoms with E-state index < -0.39 is 0 Å². The van der Waals surface area contributed by atoms with Gasteiger partial charge in [0, 0.05) is 18.2 Å². The van der Waals surface area contributed by atoms with Gasteiger partial charge < -0.3 is 10.3 Å². The van der Waals surface area contributed by atoms with Crippen molar-refractivity contribution in [2.45, 2.75) is 64.3 Å². The minimum atomic E-state index is 0.358. The van der Waals surface area contributed by atoms with Gasteiger partial charge in [0.05, 0.1) is 0 Å². The van der Waals surface area contributed by atoms with Crippen LogP contribution in [0, 0.1) is 5.92 Å². The van der Waals surface area contributed by atoms with E-state index >= 15 is 0 Å². The number of rotatable bonds is 4. The van der Waals surface area contributed by atoms with Crippen LogP contribution in [-0.4, -0.2) is 22.6 Å². The summed E-state index contributed by atoms with van der Waals surface area (Å²) in [6, 6.07) is 0.658. The summed E-state index contributed by atoms with van der Waals surface area (Å²) < 4.78 is 0. The highest BCUT2D eigenvalue weighted by molar-refractivity contribution is 5.60. The molecule has 21 heavy (non-hydrogen) atoms. The molecule has 5 nitrogen and oxygen atoms in total. The van der Waals surface area contributed by atoms with Gasteiger partial charge in [-0.15, -0.1) is 0 Å². The first-order valence-corrected chi connectivity index (χ1v) is 8.30. The first-order chi connectivity index (χ1) is 10.2. The molecule has 1 saturated heterocycles. The van der Waals surface area contributed by atoms with Crippen molar-refractivity contribution in [2.75, 3.05) is 16.9 Å². The van der Waals surface area contributed by atoms with Crippen LogP contribution in [0.2, 0.25) is 0 Å². The van der Waals surface area contributed by atoms with Crippen LogP contribution in [0.15, 0.2) is 6.33 Å². The maximum absolute atomic E-state index is 5.65. The van der Waals surface area contributed by atoms with Gasteiger partial charge in [0.25, 0.3) is 0 Å². The summed E-state index contributed by atoms with van der Waals surface area (Å²) in [5.74, 6) is 8.73. The van der Waals surface area contributed by atoms with E-state index in [-0.39, 0.29) is 0 Å². The van der Waals surface area contributed by atoms with Gasteiger partial charge in [0.2, 0.25) is 0 Å². The summed E-state index contributed by atoms with van der Waals surface area (Å²) >= 11 is 0. The fourth-order valence-corrected chi connectivity index (χ4v) is 4.15. The van der Waals surface area contributed by atoms with E-state index in [1.807, 2.05) is 0 Å². The lowest BCUT2D eigenvalue weighted by Crippen LogP contribution is -2.36. The smallest absolute Gasteiger partial charge is 0.148 e. The Labute approximate surface area is 127 Å². The Hall–Kier alpha value is -1.36. The van der Waals surface area contributed by atoms with E-state index in [0.29, 0.717) is 12.0 Å². The molecule has 0 aromatic carbocycles. The second kappa shape index (κ2) is 6.18. The van der Waals surface area contributed by atoms with Crippen LogP contribution in [0.4, 0.5) is 11.6 Å². The molecular weight excluding hydrogens is 262 g/mol. The monoisotopic (exact) mass is 289 g/mol. The van der Waals surface area contributed by atoms with Gasteiger partial charge in [0.15, 0.2) is 0 Å². The summed E-state index contributed by atoms with van der Waals surface area (Å²) in [7, 11) is 0. The molecule has 1 aliphatic carbocycles. The second-order valence-electron chi connectivity index (χ2n) is 6.71. The van der Waals surface area contributed by atoms with Crippen molar-refractivity contribution in [3.63, 3.8) is 0 Å². The molecule has 0 radical (unpaired) electrons. The van der Waals surface area contributed by atoms with Crippen molar-refractivity contribution in [1.29, 1.82) is 0 Å². The highest BCUT2D eigenvalue weighted by Crippen LogP contribution is 2.40. The van der Waals surface area contributed by atoms with E-state index in [9.17, 15) is 0 Å². The molecule has 1 unspecified atom stereocenters. The summed E-state index contributed by atoms with van der Waals surface area (Å²) in [5.41, 5.74) is 3.90. The third-order valence-electron chi connectivity index (χ3n) is 5.09. The average Bonchev–Trinajstić information content (AvgIpc) is 3.16. The number of hydrogen-bond acceptors (Lipinski definition) is 5. The van der Waals surface area contributed by atoms with Crippen molar-refractivity contribution in [3.8, 4) is 0 Å². The zero-order valence-corrected chi connectivity index (χ0v) is 13.2. The Morgan fingerprint density at radius 2 is 1.95 bits per heavy atom. The zero-order chi connectivity index (χ0) is 14.8. The van der Waals surface area contributed by atoms with E-state index in [1.165, 1.54) is 38.5 Å². The van der Waals surface area contributed by atoms with Crippen LogP contribution in [0.3, 0.4) is 0 Å². The SMILES string of the molecule is CC(C)c1c(NN)ncnc1N1CCCC1C1CCCC1. The molecule has 0 amide bonds. The molecule has 1 aromatic heterocycles. The zero-order valence-electron chi connectivity index (χ0n) is 13.2. The van der Waals surface area contributed by atoms with Crippen LogP contribution in [0.25, 0.3) is 0 Å². The van der Waals surface area contributed by atoms with E-state index in [0.717, 1.165) is 29.7 Å². The maximum atomic E-state index is 5.65. The normalized spacial score (nSPS) is 23.2. The number of nitrogens with two attached hydrogens (primary N) is 1. The summed E-state index contributed by atoms with van der Waals surface area (Å²) in [4.78, 5) is 11.5. The molecule has 2 fully saturated rings. The number of hydrogen-bond donors (Lipinski definition) is 2. The van der Waals surface area contributed by atoms with Crippen molar-refractivity contribution in [2.24, 2.45) is 11.8 Å². The standard InChI is InChI=1S/C16H27N5/c1-11(2)14-15(20-17)18-10-19-16(14)21-9-5-8-13(21)12-6-3-4-7-12/h10-13H,3-9,17H2,1-2H3,(H,18,19,20). The van der Waals surface area contributed by atoms with Gasteiger partial charge in [-0.3, -0.25) is 0 Å². The average molecular weight is 289 g/mol. The minimum Gasteiger partial charge on any atom is -0.353 e. The van der Waals surface area contributed by atoms with Crippen LogP contribution in [0.5, 0.6) is 0 Å². The Kier molecular flexibility index (Phi) is 4.29. The van der Waals surface area contributed by atoms with Gasteiger partial charge in [-0.2, -0.15) is 0 Å². The van der Waals surface area contributed by atoms with E-state index in [1.54, 1.807) is 6.33 Å². The number of aromatic nitrogens is 2. The molecule has 3 N–H and O–H groups in total. The highest BCUT2D eigenvalue weighted by Gasteiger charge is 2.35. The molecule has 2 heterocycles. The van der Waals surface area contributed by atoms with Crippen LogP contribution in [0.1, 0.15) is 63.9 Å². The largest absolute Gasteiger partial charge is 0.353 e. The molecule has 0 bridgehead atoms. The predicted octanol–water partition coefficient (Wildman–Crippen LogP) is 3.04. The van der Waals surface area contributed by atoms with E-state index in [4.69, 9.17) is 5.84 Å². The Morgan fingerprint density at radius 1 is 1.19 bits per heavy atom. The molecule has 5 heteroatoms. The lowest BCUT2D eigenvalue weighted by molar-refractivity contribution is 0.428. The van der Waals surface area contributed by atoms with Gasteiger partial charge in [0.1, 0.15) is 18.0 Å². The van der Waals surface area contributed by atoms with Crippen LogP contribution < -0.4 is 16.2 Å². The Bertz CT molecular complexity index is 482. The molecule has 0 spiro atoms. The Balaban J connectivity index is 1.94. The summed E-state index contributed by atoms with van der Waals surface area (Å²) in [6.45, 7) is 5.48. The number of nitrogens with one attached hydrogen (secondary N) is 1. The number of nitrogen functional groups attached to an aromatic ring is 1. The van der Waals surface area contributed by atoms with Crippen LogP contribution in [-0.2, 0) is 0 Å². The lowest BCUT2D eigenvalue weighted by atomic mass is 9.95. The minimum absolute atomic E-state index is 0.358. The van der Waals surface area contributed by atoms with Gasteiger partial charge in [-0.25, -0.2) is 15.8 Å². The lowest BCUT2D eigenvalue weighted by Gasteiger charge is -2.32. The van der Waals surface area contributed by atoms with Crippen molar-refractivity contribution < 1.29 is 0 Å². The molecular formula is C16H27N5. The quantitative estimate of drug-likeness (QED) is 0.658. The van der Waals surface area contributed by atoms with Gasteiger partial charge in [-0.05, 0) is 37.5 Å². The molecule has 2 aliphatic rings. The number of nitrogens with zero attached hydrogens (tertiary/aromatic N) is 3. The molecule has 1 atom stereocenters. The Morgan fingerprint density at radius 3 is 2.62 bits per heavy atom. The van der Waals surface area contributed by atoms with Crippen molar-refractivity contribution in [3.05, 3.63) is 11.9 Å². The van der Waals surface area contributed by atoms with Crippen molar-refractivity contribution >= 4 is 11.6 Å². The molecule has 116 valence electrons. The molecule has 1 saturated carbocycles. The highest BCUT2D eigenvalue weighted by atomic mass is 15.3. The fraction of sp³-hybridized carbons (Fsp3) is 0.750. The first-order valence-electron chi connectivity index (χ1n) is 8.30. The summed E-state index contributed by atoms with van der Waals surface area (Å²) in [6.07, 6.45) is 9.76. The topological polar surface area (TPSA) is 67.1 Å². The van der Waals surface area contributed by atoms with Crippen LogP contribution >= 0.6 is 0 Å². The molecule has 3 rings (SSSR count). The third-order valence-corrected chi connectivity index (χ3v) is 5.09. The summed E-state index contributed by atoms with van der Waals surface area (Å²) in [5, 5.41) is 0. The van der Waals surface area contributed by atoms with E-state index in [2.05, 4.69) is 34.1 Å². The third kappa shape index (κ3) is 2.71. The number of hydrazine groups is 1. The molecule has 1 aliphatic heterocycles.